The second-order valence-electron chi connectivity index (χ2n) is 7.27. The zero-order valence-electron chi connectivity index (χ0n) is 16.6. The maximum absolute atomic E-state index is 12.8. The first-order chi connectivity index (χ1) is 14.4. The first-order valence-electron chi connectivity index (χ1n) is 9.57. The van der Waals surface area contributed by atoms with Gasteiger partial charge in [-0.25, -0.2) is 0 Å². The van der Waals surface area contributed by atoms with E-state index in [-0.39, 0.29) is 11.5 Å². The Hall–Kier alpha value is -1.85. The van der Waals surface area contributed by atoms with Crippen LogP contribution < -0.4 is 0 Å². The summed E-state index contributed by atoms with van der Waals surface area (Å²) < 4.78 is 53.5. The average molecular weight is 436 g/mol. The number of aryl methyl sites for hydroxylation is 1. The lowest BCUT2D eigenvalue weighted by Gasteiger charge is -2.46. The van der Waals surface area contributed by atoms with Crippen LogP contribution in [0.4, 0.5) is 0 Å². The van der Waals surface area contributed by atoms with Crippen LogP contribution in [0.15, 0.2) is 59.5 Å². The number of methoxy groups -OCH3 is 1. The molecule has 9 heteroatoms. The van der Waals surface area contributed by atoms with Crippen molar-refractivity contribution in [3.8, 4) is 0 Å². The van der Waals surface area contributed by atoms with Gasteiger partial charge in [0.15, 0.2) is 18.7 Å². The van der Waals surface area contributed by atoms with Gasteiger partial charge in [0.1, 0.15) is 18.3 Å². The molecule has 2 fully saturated rings. The fraction of sp³-hybridized carbons (Fsp3) is 0.429. The van der Waals surface area contributed by atoms with Crippen molar-refractivity contribution in [1.82, 2.24) is 0 Å². The number of rotatable bonds is 5. The number of benzene rings is 2. The van der Waals surface area contributed by atoms with Crippen molar-refractivity contribution in [3.63, 3.8) is 0 Å². The lowest BCUT2D eigenvalue weighted by atomic mass is 9.98. The molecule has 0 bridgehead atoms. The van der Waals surface area contributed by atoms with E-state index in [0.29, 0.717) is 0 Å². The highest BCUT2D eigenvalue weighted by Crippen LogP contribution is 2.36. The van der Waals surface area contributed by atoms with Crippen LogP contribution in [0.3, 0.4) is 0 Å². The van der Waals surface area contributed by atoms with Gasteiger partial charge in [-0.1, -0.05) is 48.0 Å². The van der Waals surface area contributed by atoms with E-state index in [4.69, 9.17) is 23.1 Å². The molecule has 0 saturated carbocycles. The van der Waals surface area contributed by atoms with Crippen LogP contribution in [-0.4, -0.2) is 57.9 Å². The fourth-order valence-corrected chi connectivity index (χ4v) is 4.62. The highest BCUT2D eigenvalue weighted by Gasteiger charge is 2.51. The minimum absolute atomic E-state index is 0.0210. The number of ether oxygens (including phenoxy) is 4. The van der Waals surface area contributed by atoms with E-state index in [1.54, 1.807) is 12.1 Å². The molecule has 6 atom stereocenters. The maximum Gasteiger partial charge on any atom is 0.297 e. The Morgan fingerprint density at radius 3 is 2.40 bits per heavy atom. The Kier molecular flexibility index (Phi) is 6.21. The number of aliphatic hydroxyl groups excluding tert-OH is 1. The van der Waals surface area contributed by atoms with Crippen molar-refractivity contribution in [3.05, 3.63) is 65.7 Å². The summed E-state index contributed by atoms with van der Waals surface area (Å²) in [5.41, 5.74) is 1.69. The molecule has 8 nitrogen and oxygen atoms in total. The quantitative estimate of drug-likeness (QED) is 0.710. The van der Waals surface area contributed by atoms with E-state index in [1.165, 1.54) is 19.2 Å². The molecular weight excluding hydrogens is 412 g/mol. The van der Waals surface area contributed by atoms with Gasteiger partial charge < -0.3 is 24.1 Å². The summed E-state index contributed by atoms with van der Waals surface area (Å²) in [4.78, 5) is -0.0210. The molecule has 2 aliphatic heterocycles. The summed E-state index contributed by atoms with van der Waals surface area (Å²) in [7, 11) is -2.81. The van der Waals surface area contributed by atoms with Gasteiger partial charge in [0.2, 0.25) is 0 Å². The minimum atomic E-state index is -4.16. The van der Waals surface area contributed by atoms with Gasteiger partial charge in [-0.3, -0.25) is 4.18 Å². The van der Waals surface area contributed by atoms with Crippen LogP contribution in [0.5, 0.6) is 0 Å². The van der Waals surface area contributed by atoms with Crippen LogP contribution in [0, 0.1) is 6.92 Å². The van der Waals surface area contributed by atoms with E-state index in [9.17, 15) is 13.5 Å². The molecule has 0 spiro atoms. The molecule has 0 radical (unpaired) electrons. The van der Waals surface area contributed by atoms with E-state index >= 15 is 0 Å². The second-order valence-corrected chi connectivity index (χ2v) is 8.85. The third kappa shape index (κ3) is 4.28. The largest absolute Gasteiger partial charge is 0.387 e. The van der Waals surface area contributed by atoms with Crippen molar-refractivity contribution < 1.29 is 36.7 Å². The third-order valence-electron chi connectivity index (χ3n) is 5.16. The Balaban J connectivity index is 1.55. The summed E-state index contributed by atoms with van der Waals surface area (Å²) in [6.07, 6.45) is -5.93. The van der Waals surface area contributed by atoms with Gasteiger partial charge in [0.25, 0.3) is 10.1 Å². The zero-order chi connectivity index (χ0) is 21.3. The van der Waals surface area contributed by atoms with Gasteiger partial charge in [-0.2, -0.15) is 8.42 Å². The first-order valence-corrected chi connectivity index (χ1v) is 11.0. The molecule has 2 saturated heterocycles. The second kappa shape index (κ2) is 8.72. The molecule has 4 rings (SSSR count). The Bertz CT molecular complexity index is 947. The van der Waals surface area contributed by atoms with Gasteiger partial charge in [0.05, 0.1) is 11.5 Å². The molecule has 2 heterocycles. The Morgan fingerprint density at radius 1 is 1.03 bits per heavy atom. The predicted molar refractivity (Wildman–Crippen MR) is 105 cm³/mol. The molecule has 162 valence electrons. The summed E-state index contributed by atoms with van der Waals surface area (Å²) in [6.45, 7) is 2.00. The van der Waals surface area contributed by atoms with Gasteiger partial charge in [0, 0.05) is 12.7 Å². The molecule has 0 amide bonds. The van der Waals surface area contributed by atoms with Gasteiger partial charge in [-0.05, 0) is 19.1 Å². The van der Waals surface area contributed by atoms with Gasteiger partial charge >= 0.3 is 0 Å². The molecule has 2 aromatic carbocycles. The zero-order valence-corrected chi connectivity index (χ0v) is 17.4. The normalized spacial score (nSPS) is 31.8. The molecule has 30 heavy (non-hydrogen) atoms. The number of hydrogen-bond donors (Lipinski definition) is 1. The topological polar surface area (TPSA) is 101 Å². The predicted octanol–water partition coefficient (Wildman–Crippen LogP) is 1.92. The molecule has 0 unspecified atom stereocenters. The molecule has 0 aromatic heterocycles. The van der Waals surface area contributed by atoms with Crippen LogP contribution >= 0.6 is 0 Å². The van der Waals surface area contributed by atoms with Crippen LogP contribution in [0.2, 0.25) is 0 Å². The van der Waals surface area contributed by atoms with Crippen LogP contribution in [-0.2, 0) is 33.2 Å². The average Bonchev–Trinajstić information content (AvgIpc) is 2.76. The lowest BCUT2D eigenvalue weighted by Crippen LogP contribution is -2.63. The Labute approximate surface area is 175 Å². The van der Waals surface area contributed by atoms with Crippen molar-refractivity contribution >= 4 is 10.1 Å². The molecule has 2 aromatic rings. The smallest absolute Gasteiger partial charge is 0.297 e. The van der Waals surface area contributed by atoms with E-state index in [1.807, 2.05) is 37.3 Å². The summed E-state index contributed by atoms with van der Waals surface area (Å²) in [6, 6.07) is 15.5. The third-order valence-corrected chi connectivity index (χ3v) is 6.49. The molecular formula is C21H24O8S. The minimum Gasteiger partial charge on any atom is -0.387 e. The van der Waals surface area contributed by atoms with E-state index in [2.05, 4.69) is 0 Å². The van der Waals surface area contributed by atoms with Crippen molar-refractivity contribution in [2.45, 2.75) is 48.8 Å². The highest BCUT2D eigenvalue weighted by atomic mass is 32.2. The van der Waals surface area contributed by atoms with Gasteiger partial charge in [-0.15, -0.1) is 0 Å². The number of aliphatic hydroxyl groups is 1. The standard InChI is InChI=1S/C21H24O8S/c1-13-8-10-15(11-9-13)30(23,24)29-19-17(22)18-16(27-21(19)25-2)12-26-20(28-18)14-6-4-3-5-7-14/h3-11,16-22H,12H2,1-2H3/t16-,17+,18+,19-,20-,21-/m1/s1. The lowest BCUT2D eigenvalue weighted by molar-refractivity contribution is -0.354. The summed E-state index contributed by atoms with van der Waals surface area (Å²) in [5.74, 6) is 0. The maximum atomic E-state index is 12.8. The van der Waals surface area contributed by atoms with Crippen molar-refractivity contribution in [2.24, 2.45) is 0 Å². The summed E-state index contributed by atoms with van der Waals surface area (Å²) in [5, 5.41) is 11.0. The Morgan fingerprint density at radius 2 is 1.73 bits per heavy atom. The van der Waals surface area contributed by atoms with E-state index < -0.39 is 47.1 Å². The van der Waals surface area contributed by atoms with Crippen LogP contribution in [0.25, 0.3) is 0 Å². The first kappa shape index (κ1) is 21.4. The van der Waals surface area contributed by atoms with Crippen LogP contribution in [0.1, 0.15) is 17.4 Å². The molecule has 1 N–H and O–H groups in total. The highest BCUT2D eigenvalue weighted by molar-refractivity contribution is 7.86. The fourth-order valence-electron chi connectivity index (χ4n) is 3.55. The monoisotopic (exact) mass is 436 g/mol. The molecule has 0 aliphatic carbocycles. The summed E-state index contributed by atoms with van der Waals surface area (Å²) >= 11 is 0. The van der Waals surface area contributed by atoms with Crippen molar-refractivity contribution in [1.29, 1.82) is 0 Å². The van der Waals surface area contributed by atoms with E-state index in [0.717, 1.165) is 11.1 Å². The number of fused-ring (bicyclic) bond motifs is 1. The van der Waals surface area contributed by atoms with Crippen molar-refractivity contribution in [2.75, 3.05) is 13.7 Å². The number of hydrogen-bond acceptors (Lipinski definition) is 8. The SMILES string of the molecule is CO[C@@H]1O[C@@H]2CO[C@@H](c3ccccc3)O[C@@H]2[C@H](O)[C@H]1OS(=O)(=O)c1ccc(C)cc1. The molecule has 2 aliphatic rings.